The third-order valence-corrected chi connectivity index (χ3v) is 5.52. The Balaban J connectivity index is 1.51. The van der Waals surface area contributed by atoms with Crippen molar-refractivity contribution in [3.8, 4) is 0 Å². The topological polar surface area (TPSA) is 15.3 Å². The van der Waals surface area contributed by atoms with Gasteiger partial charge in [-0.25, -0.2) is 0 Å². The maximum absolute atomic E-state index is 3.76. The van der Waals surface area contributed by atoms with Crippen LogP contribution >= 0.6 is 0 Å². The molecule has 20 heavy (non-hydrogen) atoms. The number of hydrogen-bond donors (Lipinski definition) is 1. The third kappa shape index (κ3) is 2.85. The highest BCUT2D eigenvalue weighted by molar-refractivity contribution is 5.45. The fraction of sp³-hybridized carbons (Fsp3) is 0.667. The number of rotatable bonds is 5. The van der Waals surface area contributed by atoms with E-state index >= 15 is 0 Å². The lowest BCUT2D eigenvalue weighted by Crippen LogP contribution is -2.35. The highest BCUT2D eigenvalue weighted by Crippen LogP contribution is 2.49. The van der Waals surface area contributed by atoms with Crippen molar-refractivity contribution in [1.82, 2.24) is 5.32 Å². The first kappa shape index (κ1) is 13.9. The molecule has 1 aromatic carbocycles. The summed E-state index contributed by atoms with van der Waals surface area (Å²) in [6.07, 6.45) is 5.96. The van der Waals surface area contributed by atoms with Gasteiger partial charge in [0.05, 0.1) is 0 Å². The van der Waals surface area contributed by atoms with Gasteiger partial charge in [0.2, 0.25) is 0 Å². The zero-order valence-corrected chi connectivity index (χ0v) is 13.1. The van der Waals surface area contributed by atoms with E-state index in [0.717, 1.165) is 24.3 Å². The van der Waals surface area contributed by atoms with E-state index in [9.17, 15) is 0 Å². The Morgan fingerprint density at radius 3 is 2.45 bits per heavy atom. The second kappa shape index (κ2) is 5.77. The molecule has 110 valence electrons. The van der Waals surface area contributed by atoms with Crippen LogP contribution in [0.15, 0.2) is 24.3 Å². The van der Waals surface area contributed by atoms with Crippen LogP contribution in [0.25, 0.3) is 0 Å². The van der Waals surface area contributed by atoms with Crippen molar-refractivity contribution in [2.45, 2.75) is 45.2 Å². The van der Waals surface area contributed by atoms with Crippen LogP contribution in [0.2, 0.25) is 0 Å². The van der Waals surface area contributed by atoms with Crippen LogP contribution in [-0.4, -0.2) is 20.1 Å². The molecule has 0 unspecified atom stereocenters. The number of hydrogen-bond acceptors (Lipinski definition) is 2. The molecule has 2 saturated carbocycles. The molecule has 2 bridgehead atoms. The lowest BCUT2D eigenvalue weighted by atomic mass is 9.84. The average Bonchev–Trinajstić information content (AvgIpc) is 3.08. The predicted octanol–water partition coefficient (Wildman–Crippen LogP) is 3.67. The molecule has 0 aliphatic heterocycles. The third-order valence-electron chi connectivity index (χ3n) is 5.52. The molecule has 0 saturated heterocycles. The van der Waals surface area contributed by atoms with Crippen LogP contribution in [0.4, 0.5) is 5.69 Å². The SMILES string of the molecule is C[C@@H](NCc1ccc(N(C)C)cc1)[C@H]1C[C@H]2CC[C@H]1C2. The molecular weight excluding hydrogens is 244 g/mol. The molecule has 2 fully saturated rings. The molecule has 2 aliphatic carbocycles. The molecule has 0 aromatic heterocycles. The lowest BCUT2D eigenvalue weighted by Gasteiger charge is -2.28. The van der Waals surface area contributed by atoms with Crippen molar-refractivity contribution < 1.29 is 0 Å². The van der Waals surface area contributed by atoms with E-state index < -0.39 is 0 Å². The van der Waals surface area contributed by atoms with Gasteiger partial charge in [0.25, 0.3) is 0 Å². The molecule has 1 N–H and O–H groups in total. The molecule has 3 rings (SSSR count). The molecule has 0 radical (unpaired) electrons. The Labute approximate surface area is 123 Å². The Bertz CT molecular complexity index is 437. The van der Waals surface area contributed by atoms with E-state index in [1.165, 1.54) is 36.9 Å². The van der Waals surface area contributed by atoms with Crippen LogP contribution in [0.3, 0.4) is 0 Å². The number of anilines is 1. The van der Waals surface area contributed by atoms with Gasteiger partial charge in [-0.15, -0.1) is 0 Å². The van der Waals surface area contributed by atoms with E-state index in [1.807, 2.05) is 0 Å². The second-order valence-corrected chi connectivity index (χ2v) is 7.07. The highest BCUT2D eigenvalue weighted by atomic mass is 15.1. The van der Waals surface area contributed by atoms with Gasteiger partial charge in [-0.05, 0) is 61.6 Å². The van der Waals surface area contributed by atoms with Gasteiger partial charge in [0, 0.05) is 32.4 Å². The van der Waals surface area contributed by atoms with Crippen LogP contribution in [0.5, 0.6) is 0 Å². The summed E-state index contributed by atoms with van der Waals surface area (Å²) in [5.74, 6) is 2.99. The van der Waals surface area contributed by atoms with Gasteiger partial charge < -0.3 is 10.2 Å². The van der Waals surface area contributed by atoms with Crippen LogP contribution in [0, 0.1) is 17.8 Å². The largest absolute Gasteiger partial charge is 0.378 e. The summed E-state index contributed by atoms with van der Waals surface area (Å²) >= 11 is 0. The normalized spacial score (nSPS) is 29.6. The Morgan fingerprint density at radius 1 is 1.15 bits per heavy atom. The first-order valence-electron chi connectivity index (χ1n) is 8.13. The van der Waals surface area contributed by atoms with Gasteiger partial charge in [-0.1, -0.05) is 18.6 Å². The maximum atomic E-state index is 3.76. The summed E-state index contributed by atoms with van der Waals surface area (Å²) in [5, 5.41) is 3.76. The summed E-state index contributed by atoms with van der Waals surface area (Å²) in [6, 6.07) is 9.57. The average molecular weight is 272 g/mol. The van der Waals surface area contributed by atoms with Crippen molar-refractivity contribution in [3.05, 3.63) is 29.8 Å². The summed E-state index contributed by atoms with van der Waals surface area (Å²) < 4.78 is 0. The molecule has 0 amide bonds. The molecule has 1 aromatic rings. The van der Waals surface area contributed by atoms with E-state index in [0.29, 0.717) is 6.04 Å². The molecule has 2 nitrogen and oxygen atoms in total. The molecule has 2 heteroatoms. The van der Waals surface area contributed by atoms with Crippen LogP contribution in [-0.2, 0) is 6.54 Å². The minimum Gasteiger partial charge on any atom is -0.378 e. The fourth-order valence-electron chi connectivity index (χ4n) is 4.25. The standard InChI is InChI=1S/C18H28N2/c1-13(18-11-15-4-7-16(18)10-15)19-12-14-5-8-17(9-6-14)20(2)3/h5-6,8-9,13,15-16,18-19H,4,7,10-12H2,1-3H3/t13-,15+,16+,18-/m1/s1. The van der Waals surface area contributed by atoms with E-state index in [-0.39, 0.29) is 0 Å². The van der Waals surface area contributed by atoms with Crippen LogP contribution in [0.1, 0.15) is 38.2 Å². The minimum atomic E-state index is 0.666. The first-order chi connectivity index (χ1) is 9.63. The molecule has 0 spiro atoms. The zero-order chi connectivity index (χ0) is 14.1. The first-order valence-corrected chi connectivity index (χ1v) is 8.13. The second-order valence-electron chi connectivity index (χ2n) is 7.07. The van der Waals surface area contributed by atoms with Gasteiger partial charge in [-0.2, -0.15) is 0 Å². The molecule has 0 heterocycles. The van der Waals surface area contributed by atoms with Crippen molar-refractivity contribution in [3.63, 3.8) is 0 Å². The molecule has 2 aliphatic rings. The lowest BCUT2D eigenvalue weighted by molar-refractivity contribution is 0.259. The van der Waals surface area contributed by atoms with Crippen molar-refractivity contribution in [2.24, 2.45) is 17.8 Å². The van der Waals surface area contributed by atoms with Gasteiger partial charge in [0.15, 0.2) is 0 Å². The maximum Gasteiger partial charge on any atom is 0.0361 e. The van der Waals surface area contributed by atoms with Crippen molar-refractivity contribution >= 4 is 5.69 Å². The smallest absolute Gasteiger partial charge is 0.0361 e. The van der Waals surface area contributed by atoms with Gasteiger partial charge in [0.1, 0.15) is 0 Å². The summed E-state index contributed by atoms with van der Waals surface area (Å²) in [4.78, 5) is 2.15. The number of benzene rings is 1. The van der Waals surface area contributed by atoms with Gasteiger partial charge in [-0.3, -0.25) is 0 Å². The van der Waals surface area contributed by atoms with E-state index in [1.54, 1.807) is 0 Å². The number of fused-ring (bicyclic) bond motifs is 2. The van der Waals surface area contributed by atoms with Gasteiger partial charge >= 0.3 is 0 Å². The minimum absolute atomic E-state index is 0.666. The Hall–Kier alpha value is -1.02. The predicted molar refractivity (Wildman–Crippen MR) is 86.0 cm³/mol. The van der Waals surface area contributed by atoms with E-state index in [2.05, 4.69) is 55.5 Å². The van der Waals surface area contributed by atoms with Crippen molar-refractivity contribution in [1.29, 1.82) is 0 Å². The summed E-state index contributed by atoms with van der Waals surface area (Å²) in [6.45, 7) is 3.39. The fourth-order valence-corrected chi connectivity index (χ4v) is 4.25. The van der Waals surface area contributed by atoms with E-state index in [4.69, 9.17) is 0 Å². The highest BCUT2D eigenvalue weighted by Gasteiger charge is 2.41. The van der Waals surface area contributed by atoms with Crippen molar-refractivity contribution in [2.75, 3.05) is 19.0 Å². The zero-order valence-electron chi connectivity index (χ0n) is 13.1. The summed E-state index contributed by atoms with van der Waals surface area (Å²) in [5.41, 5.74) is 2.67. The molecule has 4 atom stereocenters. The number of nitrogens with one attached hydrogen (secondary N) is 1. The Morgan fingerprint density at radius 2 is 1.90 bits per heavy atom. The summed E-state index contributed by atoms with van der Waals surface area (Å²) in [7, 11) is 4.18. The molecular formula is C18H28N2. The van der Waals surface area contributed by atoms with Crippen LogP contribution < -0.4 is 10.2 Å². The number of nitrogens with zero attached hydrogens (tertiary/aromatic N) is 1. The Kier molecular flexibility index (Phi) is 4.02. The quantitative estimate of drug-likeness (QED) is 0.880. The monoisotopic (exact) mass is 272 g/mol.